The standard InChI is InChI=1S/C13H12N2O4S/c1-9-4-2-5-10(8-9)20(18,19)15-12-7-3-6-11(14-12)13(16)17/h2-8H,1H3,(H,14,15)(H,16,17). The van der Waals surface area contributed by atoms with E-state index in [9.17, 15) is 13.2 Å². The van der Waals surface area contributed by atoms with Crippen molar-refractivity contribution < 1.29 is 18.3 Å². The van der Waals surface area contributed by atoms with Crippen LogP contribution in [0.2, 0.25) is 0 Å². The van der Waals surface area contributed by atoms with E-state index < -0.39 is 16.0 Å². The Hall–Kier alpha value is -2.41. The molecule has 0 radical (unpaired) electrons. The van der Waals surface area contributed by atoms with Crippen LogP contribution in [-0.2, 0) is 10.0 Å². The van der Waals surface area contributed by atoms with Gasteiger partial charge in [-0.3, -0.25) is 4.72 Å². The van der Waals surface area contributed by atoms with Crippen LogP contribution in [0.5, 0.6) is 0 Å². The molecule has 0 aliphatic heterocycles. The van der Waals surface area contributed by atoms with Crippen LogP contribution in [0.4, 0.5) is 5.82 Å². The number of aryl methyl sites for hydroxylation is 1. The number of carboxylic acid groups (broad SMARTS) is 1. The van der Waals surface area contributed by atoms with Crippen molar-refractivity contribution in [1.29, 1.82) is 0 Å². The van der Waals surface area contributed by atoms with Gasteiger partial charge in [0.25, 0.3) is 10.0 Å². The number of aromatic nitrogens is 1. The van der Waals surface area contributed by atoms with Crippen molar-refractivity contribution in [2.24, 2.45) is 0 Å². The third-order valence-electron chi connectivity index (χ3n) is 2.51. The molecule has 2 aromatic rings. The van der Waals surface area contributed by atoms with Crippen molar-refractivity contribution in [3.8, 4) is 0 Å². The topological polar surface area (TPSA) is 96.4 Å². The number of anilines is 1. The number of hydrogen-bond donors (Lipinski definition) is 2. The normalized spacial score (nSPS) is 11.1. The number of nitrogens with one attached hydrogen (secondary N) is 1. The maximum absolute atomic E-state index is 12.1. The summed E-state index contributed by atoms with van der Waals surface area (Å²) >= 11 is 0. The zero-order chi connectivity index (χ0) is 14.8. The fourth-order valence-corrected chi connectivity index (χ4v) is 2.70. The first-order chi connectivity index (χ1) is 9.38. The first kappa shape index (κ1) is 14.0. The fourth-order valence-electron chi connectivity index (χ4n) is 1.59. The van der Waals surface area contributed by atoms with Crippen molar-refractivity contribution in [3.05, 3.63) is 53.7 Å². The highest BCUT2D eigenvalue weighted by Crippen LogP contribution is 2.15. The number of pyridine rings is 1. The van der Waals surface area contributed by atoms with Gasteiger partial charge in [0.05, 0.1) is 4.90 Å². The Kier molecular flexibility index (Phi) is 3.71. The molecule has 0 atom stereocenters. The number of benzene rings is 1. The zero-order valence-corrected chi connectivity index (χ0v) is 11.4. The van der Waals surface area contributed by atoms with Crippen molar-refractivity contribution in [2.75, 3.05) is 4.72 Å². The van der Waals surface area contributed by atoms with Crippen LogP contribution in [0.15, 0.2) is 47.4 Å². The average Bonchev–Trinajstić information content (AvgIpc) is 2.38. The second-order valence-electron chi connectivity index (χ2n) is 4.14. The van der Waals surface area contributed by atoms with Crippen molar-refractivity contribution in [2.45, 2.75) is 11.8 Å². The van der Waals surface area contributed by atoms with Gasteiger partial charge in [-0.1, -0.05) is 18.2 Å². The summed E-state index contributed by atoms with van der Waals surface area (Å²) in [6, 6.07) is 10.5. The summed E-state index contributed by atoms with van der Waals surface area (Å²) < 4.78 is 26.5. The lowest BCUT2D eigenvalue weighted by atomic mass is 10.2. The molecule has 1 heterocycles. The minimum absolute atomic E-state index is 0.0357. The van der Waals surface area contributed by atoms with Crippen molar-refractivity contribution in [1.82, 2.24) is 4.98 Å². The lowest BCUT2D eigenvalue weighted by Crippen LogP contribution is -2.15. The number of carboxylic acids is 1. The number of rotatable bonds is 4. The molecular formula is C13H12N2O4S. The molecule has 0 fully saturated rings. The minimum atomic E-state index is -3.78. The SMILES string of the molecule is Cc1cccc(S(=O)(=O)Nc2cccc(C(=O)O)n2)c1. The Morgan fingerprint density at radius 1 is 1.20 bits per heavy atom. The third-order valence-corrected chi connectivity index (χ3v) is 3.86. The van der Waals surface area contributed by atoms with Gasteiger partial charge in [-0.2, -0.15) is 0 Å². The van der Waals surface area contributed by atoms with E-state index >= 15 is 0 Å². The van der Waals surface area contributed by atoms with E-state index in [1.807, 2.05) is 0 Å². The Morgan fingerprint density at radius 2 is 1.90 bits per heavy atom. The van der Waals surface area contributed by atoms with Crippen LogP contribution >= 0.6 is 0 Å². The Balaban J connectivity index is 2.33. The van der Waals surface area contributed by atoms with Crippen molar-refractivity contribution >= 4 is 21.8 Å². The molecule has 0 amide bonds. The molecule has 0 bridgehead atoms. The summed E-state index contributed by atoms with van der Waals surface area (Å²) in [4.78, 5) is 14.6. The number of nitrogens with zero attached hydrogens (tertiary/aromatic N) is 1. The molecule has 0 saturated carbocycles. The van der Waals surface area contributed by atoms with Crippen LogP contribution in [0.1, 0.15) is 16.1 Å². The molecule has 6 nitrogen and oxygen atoms in total. The highest BCUT2D eigenvalue weighted by Gasteiger charge is 2.15. The van der Waals surface area contributed by atoms with E-state index in [-0.39, 0.29) is 16.4 Å². The van der Waals surface area contributed by atoms with Gasteiger partial charge in [0.1, 0.15) is 5.82 Å². The third kappa shape index (κ3) is 3.12. The number of carbonyl (C=O) groups is 1. The second-order valence-corrected chi connectivity index (χ2v) is 5.82. The lowest BCUT2D eigenvalue weighted by molar-refractivity contribution is 0.0690. The number of sulfonamides is 1. The molecule has 0 spiro atoms. The Labute approximate surface area is 116 Å². The maximum Gasteiger partial charge on any atom is 0.354 e. The number of hydrogen-bond acceptors (Lipinski definition) is 4. The smallest absolute Gasteiger partial charge is 0.354 e. The summed E-state index contributed by atoms with van der Waals surface area (Å²) in [6.07, 6.45) is 0. The molecule has 104 valence electrons. The molecule has 1 aromatic carbocycles. The van der Waals surface area contributed by atoms with Gasteiger partial charge in [0.2, 0.25) is 0 Å². The molecule has 2 rings (SSSR count). The zero-order valence-electron chi connectivity index (χ0n) is 10.6. The van der Waals surface area contributed by atoms with Gasteiger partial charge < -0.3 is 5.11 Å². The Bertz CT molecular complexity index is 756. The van der Waals surface area contributed by atoms with E-state index in [0.29, 0.717) is 0 Å². The summed E-state index contributed by atoms with van der Waals surface area (Å²) in [5, 5.41) is 8.82. The molecule has 20 heavy (non-hydrogen) atoms. The average molecular weight is 292 g/mol. The molecule has 2 N–H and O–H groups in total. The van der Waals surface area contributed by atoms with Gasteiger partial charge in [0.15, 0.2) is 5.69 Å². The predicted octanol–water partition coefficient (Wildman–Crippen LogP) is 1.89. The quantitative estimate of drug-likeness (QED) is 0.897. The van der Waals surface area contributed by atoms with Gasteiger partial charge in [-0.15, -0.1) is 0 Å². The second kappa shape index (κ2) is 5.30. The first-order valence-electron chi connectivity index (χ1n) is 5.68. The summed E-state index contributed by atoms with van der Waals surface area (Å²) in [5.41, 5.74) is 0.578. The highest BCUT2D eigenvalue weighted by atomic mass is 32.2. The van der Waals surface area contributed by atoms with Crippen LogP contribution in [-0.4, -0.2) is 24.5 Å². The van der Waals surface area contributed by atoms with Crippen LogP contribution in [0, 0.1) is 6.92 Å². The van der Waals surface area contributed by atoms with E-state index in [1.165, 1.54) is 30.3 Å². The minimum Gasteiger partial charge on any atom is -0.477 e. The molecule has 0 aliphatic carbocycles. The maximum atomic E-state index is 12.1. The predicted molar refractivity (Wildman–Crippen MR) is 73.2 cm³/mol. The summed E-state index contributed by atoms with van der Waals surface area (Å²) in [5.74, 6) is -1.26. The van der Waals surface area contributed by atoms with Gasteiger partial charge in [-0.05, 0) is 36.8 Å². The highest BCUT2D eigenvalue weighted by molar-refractivity contribution is 7.92. The molecule has 0 aliphatic rings. The first-order valence-corrected chi connectivity index (χ1v) is 7.17. The van der Waals surface area contributed by atoms with Crippen LogP contribution < -0.4 is 4.72 Å². The van der Waals surface area contributed by atoms with Crippen molar-refractivity contribution in [3.63, 3.8) is 0 Å². The van der Waals surface area contributed by atoms with E-state index in [1.54, 1.807) is 19.1 Å². The largest absolute Gasteiger partial charge is 0.477 e. The summed E-state index contributed by atoms with van der Waals surface area (Å²) in [7, 11) is -3.78. The van der Waals surface area contributed by atoms with E-state index in [2.05, 4.69) is 9.71 Å². The lowest BCUT2D eigenvalue weighted by Gasteiger charge is -2.08. The fraction of sp³-hybridized carbons (Fsp3) is 0.0769. The molecular weight excluding hydrogens is 280 g/mol. The van der Waals surface area contributed by atoms with Gasteiger partial charge in [0, 0.05) is 0 Å². The van der Waals surface area contributed by atoms with Gasteiger partial charge in [-0.25, -0.2) is 18.2 Å². The van der Waals surface area contributed by atoms with Crippen LogP contribution in [0.3, 0.4) is 0 Å². The number of aromatic carboxylic acids is 1. The Morgan fingerprint density at radius 3 is 2.55 bits per heavy atom. The monoisotopic (exact) mass is 292 g/mol. The van der Waals surface area contributed by atoms with E-state index in [0.717, 1.165) is 5.56 Å². The van der Waals surface area contributed by atoms with E-state index in [4.69, 9.17) is 5.11 Å². The molecule has 1 aromatic heterocycles. The molecule has 0 saturated heterocycles. The van der Waals surface area contributed by atoms with Crippen LogP contribution in [0.25, 0.3) is 0 Å². The summed E-state index contributed by atoms with van der Waals surface area (Å²) in [6.45, 7) is 1.78. The van der Waals surface area contributed by atoms with Gasteiger partial charge >= 0.3 is 5.97 Å². The molecule has 0 unspecified atom stereocenters. The molecule has 7 heteroatoms.